The molecule has 3 aromatic rings. The molecule has 0 spiro atoms. The third-order valence-corrected chi connectivity index (χ3v) is 4.74. The Bertz CT molecular complexity index is 1100. The van der Waals surface area contributed by atoms with Crippen LogP contribution in [0, 0.1) is 0 Å². The maximum absolute atomic E-state index is 12.5. The molecule has 25 heavy (non-hydrogen) atoms. The van der Waals surface area contributed by atoms with Crippen LogP contribution in [0.15, 0.2) is 68.7 Å². The molecular weight excluding hydrogens is 344 g/mol. The molecule has 3 rings (SSSR count). The molecule has 1 heterocycles. The highest BCUT2D eigenvalue weighted by molar-refractivity contribution is 7.92. The lowest BCUT2D eigenvalue weighted by atomic mass is 10.2. The smallest absolute Gasteiger partial charge is 0.336 e. The lowest BCUT2D eigenvalue weighted by molar-refractivity contribution is -0.114. The van der Waals surface area contributed by atoms with Crippen LogP contribution in [0.25, 0.3) is 11.0 Å². The normalized spacial score (nSPS) is 11.2. The first-order valence-electron chi connectivity index (χ1n) is 7.28. The van der Waals surface area contributed by atoms with Crippen LogP contribution in [0.4, 0.5) is 11.4 Å². The Morgan fingerprint density at radius 2 is 1.64 bits per heavy atom. The first-order chi connectivity index (χ1) is 11.8. The van der Waals surface area contributed by atoms with Crippen molar-refractivity contribution in [3.63, 3.8) is 0 Å². The number of carbonyl (C=O) groups excluding carboxylic acids is 1. The first kappa shape index (κ1) is 16.7. The number of fused-ring (bicyclic) bond motifs is 1. The lowest BCUT2D eigenvalue weighted by Gasteiger charge is -2.09. The number of anilines is 2. The summed E-state index contributed by atoms with van der Waals surface area (Å²) in [6.45, 7) is 1.39. The Kier molecular flexibility index (Phi) is 4.28. The molecule has 0 saturated carbocycles. The highest BCUT2D eigenvalue weighted by Crippen LogP contribution is 2.21. The third-order valence-electron chi connectivity index (χ3n) is 3.36. The van der Waals surface area contributed by atoms with Gasteiger partial charge in [-0.1, -0.05) is 0 Å². The first-order valence-corrected chi connectivity index (χ1v) is 8.76. The molecule has 0 aliphatic carbocycles. The second kappa shape index (κ2) is 6.40. The van der Waals surface area contributed by atoms with E-state index in [1.807, 2.05) is 0 Å². The second-order valence-electron chi connectivity index (χ2n) is 5.32. The molecule has 0 unspecified atom stereocenters. The molecule has 8 heteroatoms. The molecule has 0 radical (unpaired) electrons. The summed E-state index contributed by atoms with van der Waals surface area (Å²) < 4.78 is 32.4. The Morgan fingerprint density at radius 3 is 2.32 bits per heavy atom. The minimum absolute atomic E-state index is 0.0415. The maximum Gasteiger partial charge on any atom is 0.336 e. The monoisotopic (exact) mass is 358 g/mol. The highest BCUT2D eigenvalue weighted by atomic mass is 32.2. The van der Waals surface area contributed by atoms with Crippen LogP contribution in [-0.2, 0) is 14.8 Å². The van der Waals surface area contributed by atoms with E-state index < -0.39 is 15.6 Å². The van der Waals surface area contributed by atoms with Crippen molar-refractivity contribution < 1.29 is 17.6 Å². The van der Waals surface area contributed by atoms with Gasteiger partial charge < -0.3 is 9.73 Å². The van der Waals surface area contributed by atoms with E-state index >= 15 is 0 Å². The van der Waals surface area contributed by atoms with Gasteiger partial charge in [0.1, 0.15) is 5.58 Å². The number of amides is 1. The Hall–Kier alpha value is -3.13. The van der Waals surface area contributed by atoms with Crippen LogP contribution in [0.5, 0.6) is 0 Å². The summed E-state index contributed by atoms with van der Waals surface area (Å²) in [5.41, 5.74) is 0.733. The largest absolute Gasteiger partial charge is 0.423 e. The molecule has 0 aliphatic rings. The Balaban J connectivity index is 1.87. The van der Waals surface area contributed by atoms with Crippen molar-refractivity contribution in [3.05, 3.63) is 65.0 Å². The zero-order valence-corrected chi connectivity index (χ0v) is 14.0. The van der Waals surface area contributed by atoms with Crippen molar-refractivity contribution >= 4 is 38.3 Å². The predicted octanol–water partition coefficient (Wildman–Crippen LogP) is 2.55. The standard InChI is InChI=1S/C17H14N2O5S/c1-11(20)18-13-3-5-14(6-4-13)19-25(22,23)15-7-8-16-12(10-15)2-9-17(21)24-16/h2-10,19H,1H3,(H,18,20). The minimum Gasteiger partial charge on any atom is -0.423 e. The quantitative estimate of drug-likeness (QED) is 0.697. The molecule has 0 atom stereocenters. The number of benzene rings is 2. The van der Waals surface area contributed by atoms with E-state index in [0.717, 1.165) is 0 Å². The SMILES string of the molecule is CC(=O)Nc1ccc(NS(=O)(=O)c2ccc3oc(=O)ccc3c2)cc1. The topological polar surface area (TPSA) is 105 Å². The predicted molar refractivity (Wildman–Crippen MR) is 94.0 cm³/mol. The van der Waals surface area contributed by atoms with Crippen molar-refractivity contribution in [2.24, 2.45) is 0 Å². The number of sulfonamides is 1. The van der Waals surface area contributed by atoms with Crippen LogP contribution in [0.1, 0.15) is 6.92 Å². The fraction of sp³-hybridized carbons (Fsp3) is 0.0588. The molecule has 128 valence electrons. The Labute approximate surface area is 143 Å². The van der Waals surface area contributed by atoms with Gasteiger partial charge in [0.25, 0.3) is 10.0 Å². The molecule has 2 aromatic carbocycles. The van der Waals surface area contributed by atoms with Crippen molar-refractivity contribution in [1.29, 1.82) is 0 Å². The van der Waals surface area contributed by atoms with Gasteiger partial charge >= 0.3 is 5.63 Å². The number of carbonyl (C=O) groups is 1. The average Bonchev–Trinajstić information content (AvgIpc) is 2.55. The van der Waals surface area contributed by atoms with E-state index in [9.17, 15) is 18.0 Å². The van der Waals surface area contributed by atoms with E-state index in [1.165, 1.54) is 37.3 Å². The summed E-state index contributed by atoms with van der Waals surface area (Å²) in [5, 5.41) is 3.10. The van der Waals surface area contributed by atoms with Crippen LogP contribution in [0.2, 0.25) is 0 Å². The molecule has 0 aliphatic heterocycles. The fourth-order valence-corrected chi connectivity index (χ4v) is 3.35. The van der Waals surface area contributed by atoms with E-state index in [-0.39, 0.29) is 10.8 Å². The molecule has 1 aromatic heterocycles. The lowest BCUT2D eigenvalue weighted by Crippen LogP contribution is -2.13. The van der Waals surface area contributed by atoms with Crippen LogP contribution < -0.4 is 15.7 Å². The number of nitrogens with one attached hydrogen (secondary N) is 2. The van der Waals surface area contributed by atoms with Crippen molar-refractivity contribution in [3.8, 4) is 0 Å². The number of rotatable bonds is 4. The van der Waals surface area contributed by atoms with Gasteiger partial charge in [0.15, 0.2) is 0 Å². The molecule has 0 fully saturated rings. The van der Waals surface area contributed by atoms with Gasteiger partial charge in [-0.25, -0.2) is 13.2 Å². The van der Waals surface area contributed by atoms with Crippen LogP contribution in [-0.4, -0.2) is 14.3 Å². The van der Waals surface area contributed by atoms with E-state index in [0.29, 0.717) is 22.3 Å². The summed E-state index contributed by atoms with van der Waals surface area (Å²) in [4.78, 5) is 22.2. The number of hydrogen-bond acceptors (Lipinski definition) is 5. The van der Waals surface area contributed by atoms with Gasteiger partial charge in [-0.05, 0) is 48.5 Å². The maximum atomic E-state index is 12.5. The molecule has 1 amide bonds. The summed E-state index contributed by atoms with van der Waals surface area (Å²) in [7, 11) is -3.81. The van der Waals surface area contributed by atoms with Gasteiger partial charge in [0, 0.05) is 29.8 Å². The Morgan fingerprint density at radius 1 is 0.960 bits per heavy atom. The molecule has 7 nitrogen and oxygen atoms in total. The summed E-state index contributed by atoms with van der Waals surface area (Å²) >= 11 is 0. The van der Waals surface area contributed by atoms with E-state index in [2.05, 4.69) is 10.0 Å². The molecule has 2 N–H and O–H groups in total. The number of hydrogen-bond donors (Lipinski definition) is 2. The highest BCUT2D eigenvalue weighted by Gasteiger charge is 2.15. The fourth-order valence-electron chi connectivity index (χ4n) is 2.26. The van der Waals surface area contributed by atoms with Gasteiger partial charge in [-0.15, -0.1) is 0 Å². The van der Waals surface area contributed by atoms with Crippen molar-refractivity contribution in [2.75, 3.05) is 10.0 Å². The minimum atomic E-state index is -3.81. The van der Waals surface area contributed by atoms with E-state index in [1.54, 1.807) is 24.3 Å². The molecule has 0 bridgehead atoms. The molecular formula is C17H14N2O5S. The van der Waals surface area contributed by atoms with Crippen molar-refractivity contribution in [2.45, 2.75) is 11.8 Å². The summed E-state index contributed by atoms with van der Waals surface area (Å²) in [6, 6.07) is 13.2. The second-order valence-corrected chi connectivity index (χ2v) is 7.00. The zero-order chi connectivity index (χ0) is 18.0. The molecule has 0 saturated heterocycles. The van der Waals surface area contributed by atoms with E-state index in [4.69, 9.17) is 4.42 Å². The van der Waals surface area contributed by atoms with Crippen LogP contribution >= 0.6 is 0 Å². The summed E-state index contributed by atoms with van der Waals surface area (Å²) in [6.07, 6.45) is 0. The third kappa shape index (κ3) is 3.86. The van der Waals surface area contributed by atoms with Crippen molar-refractivity contribution in [1.82, 2.24) is 0 Å². The van der Waals surface area contributed by atoms with Gasteiger partial charge in [-0.3, -0.25) is 9.52 Å². The van der Waals surface area contributed by atoms with Gasteiger partial charge in [0.05, 0.1) is 4.90 Å². The van der Waals surface area contributed by atoms with Gasteiger partial charge in [0.2, 0.25) is 5.91 Å². The van der Waals surface area contributed by atoms with Crippen LogP contribution in [0.3, 0.4) is 0 Å². The zero-order valence-electron chi connectivity index (χ0n) is 13.1. The average molecular weight is 358 g/mol. The van der Waals surface area contributed by atoms with Gasteiger partial charge in [-0.2, -0.15) is 0 Å². The summed E-state index contributed by atoms with van der Waals surface area (Å²) in [5.74, 6) is -0.212.